The van der Waals surface area contributed by atoms with Crippen LogP contribution in [0.1, 0.15) is 12.5 Å². The van der Waals surface area contributed by atoms with Gasteiger partial charge in [-0.2, -0.15) is 0 Å². The molecule has 4 amide bonds. The highest BCUT2D eigenvalue weighted by atomic mass is 16.2. The van der Waals surface area contributed by atoms with Gasteiger partial charge >= 0.3 is 12.1 Å². The number of nitrogens with zero attached hydrogens (tertiary/aromatic N) is 4. The molecule has 0 saturated carbocycles. The lowest BCUT2D eigenvalue weighted by Crippen LogP contribution is -2.73. The third-order valence-corrected chi connectivity index (χ3v) is 5.64. The van der Waals surface area contributed by atoms with Crippen LogP contribution in [0, 0.1) is 5.92 Å². The summed E-state index contributed by atoms with van der Waals surface area (Å²) in [7, 11) is 7.21. The van der Waals surface area contributed by atoms with E-state index >= 15 is 0 Å². The predicted molar refractivity (Wildman–Crippen MR) is 97.8 cm³/mol. The average Bonchev–Trinajstić information content (AvgIpc) is 2.62. The monoisotopic (exact) mass is 342 g/mol. The molecule has 25 heavy (non-hydrogen) atoms. The SMILES string of the molecule is C[C@@H]1[C@@H]2[C@@H](N(C)C(=O)N1C)N(C)C(=O)N(C)[C@H]2/C=C/c1ccccc1. The van der Waals surface area contributed by atoms with Crippen LogP contribution in [0.15, 0.2) is 36.4 Å². The highest BCUT2D eigenvalue weighted by Gasteiger charge is 2.52. The Morgan fingerprint density at radius 2 is 1.40 bits per heavy atom. The van der Waals surface area contributed by atoms with Gasteiger partial charge in [0, 0.05) is 40.2 Å². The molecule has 0 aliphatic carbocycles. The molecule has 1 aromatic rings. The molecule has 134 valence electrons. The summed E-state index contributed by atoms with van der Waals surface area (Å²) >= 11 is 0. The van der Waals surface area contributed by atoms with Crippen LogP contribution in [0.4, 0.5) is 9.59 Å². The number of urea groups is 2. The van der Waals surface area contributed by atoms with Crippen LogP contribution >= 0.6 is 0 Å². The second-order valence-corrected chi connectivity index (χ2v) is 7.00. The number of hydrogen-bond donors (Lipinski definition) is 0. The van der Waals surface area contributed by atoms with Crippen molar-refractivity contribution in [2.24, 2.45) is 5.92 Å². The van der Waals surface area contributed by atoms with Crippen molar-refractivity contribution < 1.29 is 9.59 Å². The molecule has 4 atom stereocenters. The van der Waals surface area contributed by atoms with Gasteiger partial charge in [0.1, 0.15) is 6.17 Å². The average molecular weight is 342 g/mol. The maximum Gasteiger partial charge on any atom is 0.321 e. The highest BCUT2D eigenvalue weighted by Crippen LogP contribution is 2.36. The summed E-state index contributed by atoms with van der Waals surface area (Å²) < 4.78 is 0. The first-order valence-electron chi connectivity index (χ1n) is 8.57. The van der Waals surface area contributed by atoms with E-state index in [1.165, 1.54) is 0 Å². The van der Waals surface area contributed by atoms with E-state index in [1.54, 1.807) is 33.7 Å². The van der Waals surface area contributed by atoms with E-state index in [0.717, 1.165) is 5.56 Å². The van der Waals surface area contributed by atoms with Gasteiger partial charge in [-0.3, -0.25) is 0 Å². The Morgan fingerprint density at radius 1 is 0.840 bits per heavy atom. The summed E-state index contributed by atoms with van der Waals surface area (Å²) in [5, 5.41) is 0. The van der Waals surface area contributed by atoms with Gasteiger partial charge in [0.15, 0.2) is 0 Å². The van der Waals surface area contributed by atoms with Gasteiger partial charge in [-0.25, -0.2) is 9.59 Å². The lowest BCUT2D eigenvalue weighted by atomic mass is 9.82. The minimum absolute atomic E-state index is 0.0251. The van der Waals surface area contributed by atoms with Gasteiger partial charge in [0.05, 0.1) is 6.04 Å². The molecule has 2 heterocycles. The number of hydrogen-bond acceptors (Lipinski definition) is 2. The zero-order valence-corrected chi connectivity index (χ0v) is 15.5. The van der Waals surface area contributed by atoms with Crippen molar-refractivity contribution in [2.45, 2.75) is 25.2 Å². The molecule has 0 N–H and O–H groups in total. The molecule has 6 nitrogen and oxygen atoms in total. The van der Waals surface area contributed by atoms with Crippen LogP contribution < -0.4 is 0 Å². The fourth-order valence-electron chi connectivity index (χ4n) is 4.06. The van der Waals surface area contributed by atoms with Crippen molar-refractivity contribution in [3.63, 3.8) is 0 Å². The Labute approximate surface area is 149 Å². The highest BCUT2D eigenvalue weighted by molar-refractivity contribution is 5.80. The normalized spacial score (nSPS) is 30.3. The second-order valence-electron chi connectivity index (χ2n) is 7.00. The summed E-state index contributed by atoms with van der Waals surface area (Å²) in [6, 6.07) is 9.87. The zero-order chi connectivity index (χ0) is 18.3. The van der Waals surface area contributed by atoms with Gasteiger partial charge in [0.2, 0.25) is 0 Å². The first kappa shape index (κ1) is 17.3. The van der Waals surface area contributed by atoms with Crippen molar-refractivity contribution in [3.8, 4) is 0 Å². The quantitative estimate of drug-likeness (QED) is 0.828. The van der Waals surface area contributed by atoms with E-state index < -0.39 is 0 Å². The topological polar surface area (TPSA) is 47.1 Å². The van der Waals surface area contributed by atoms with Crippen LogP contribution in [0.3, 0.4) is 0 Å². The molecular formula is C19H26N4O2. The lowest BCUT2D eigenvalue weighted by Gasteiger charge is -2.57. The van der Waals surface area contributed by atoms with Crippen molar-refractivity contribution in [1.82, 2.24) is 19.6 Å². The number of amides is 4. The lowest BCUT2D eigenvalue weighted by molar-refractivity contribution is -0.0534. The Hall–Kier alpha value is -2.50. The van der Waals surface area contributed by atoms with E-state index in [0.29, 0.717) is 0 Å². The molecule has 2 aliphatic heterocycles. The molecule has 3 rings (SSSR count). The van der Waals surface area contributed by atoms with Crippen LogP contribution in [-0.4, -0.2) is 78.1 Å². The minimum Gasteiger partial charge on any atom is -0.324 e. The molecule has 2 aliphatic rings. The third-order valence-electron chi connectivity index (χ3n) is 5.64. The fourth-order valence-corrected chi connectivity index (χ4v) is 4.06. The first-order chi connectivity index (χ1) is 11.8. The summed E-state index contributed by atoms with van der Waals surface area (Å²) in [6.07, 6.45) is 3.90. The maximum atomic E-state index is 12.7. The number of carbonyl (C=O) groups excluding carboxylic acids is 2. The van der Waals surface area contributed by atoms with Crippen LogP contribution in [0.25, 0.3) is 6.08 Å². The minimum atomic E-state index is -0.243. The number of likely N-dealkylation sites (N-methyl/N-ethyl adjacent to an activating group) is 1. The number of fused-ring (bicyclic) bond motifs is 1. The molecule has 0 spiro atoms. The third kappa shape index (κ3) is 2.75. The zero-order valence-electron chi connectivity index (χ0n) is 15.5. The Morgan fingerprint density at radius 3 is 2.00 bits per heavy atom. The molecular weight excluding hydrogens is 316 g/mol. The van der Waals surface area contributed by atoms with Gasteiger partial charge in [-0.15, -0.1) is 0 Å². The number of rotatable bonds is 2. The molecule has 6 heteroatoms. The molecule has 0 radical (unpaired) electrons. The van der Waals surface area contributed by atoms with E-state index in [9.17, 15) is 9.59 Å². The fraction of sp³-hybridized carbons (Fsp3) is 0.474. The van der Waals surface area contributed by atoms with E-state index in [4.69, 9.17) is 0 Å². The molecule has 0 aromatic heterocycles. The van der Waals surface area contributed by atoms with Crippen LogP contribution in [-0.2, 0) is 0 Å². The van der Waals surface area contributed by atoms with Gasteiger partial charge in [0.25, 0.3) is 0 Å². The van der Waals surface area contributed by atoms with Crippen molar-refractivity contribution in [2.75, 3.05) is 28.2 Å². The van der Waals surface area contributed by atoms with Crippen LogP contribution in [0.5, 0.6) is 0 Å². The second kappa shape index (κ2) is 6.43. The van der Waals surface area contributed by atoms with Crippen molar-refractivity contribution >= 4 is 18.1 Å². The smallest absolute Gasteiger partial charge is 0.321 e. The van der Waals surface area contributed by atoms with Gasteiger partial charge in [-0.05, 0) is 12.5 Å². The van der Waals surface area contributed by atoms with Gasteiger partial charge in [-0.1, -0.05) is 42.5 Å². The largest absolute Gasteiger partial charge is 0.324 e. The summed E-state index contributed by atoms with van der Waals surface area (Å²) in [5.74, 6) is 0.0976. The number of benzene rings is 1. The summed E-state index contributed by atoms with van der Waals surface area (Å²) in [6.45, 7) is 2.06. The Kier molecular flexibility index (Phi) is 4.45. The predicted octanol–water partition coefficient (Wildman–Crippen LogP) is 2.39. The molecule has 0 unspecified atom stereocenters. The summed E-state index contributed by atoms with van der Waals surface area (Å²) in [5.41, 5.74) is 1.10. The van der Waals surface area contributed by atoms with Crippen molar-refractivity contribution in [3.05, 3.63) is 42.0 Å². The van der Waals surface area contributed by atoms with Gasteiger partial charge < -0.3 is 19.6 Å². The Bertz CT molecular complexity index is 686. The molecule has 2 fully saturated rings. The maximum absolute atomic E-state index is 12.7. The standard InChI is InChI=1S/C19H26N4O2/c1-13-16-15(12-11-14-9-7-6-8-10-14)21(3)19(25)23(5)17(16)22(4)18(24)20(13)2/h6-13,15-17H,1-5H3/b12-11+/t13-,15+,16+,17+/m1/s1. The molecule has 0 bridgehead atoms. The van der Waals surface area contributed by atoms with E-state index in [2.05, 4.69) is 19.1 Å². The van der Waals surface area contributed by atoms with E-state index in [-0.39, 0.29) is 36.2 Å². The van der Waals surface area contributed by atoms with Crippen molar-refractivity contribution in [1.29, 1.82) is 0 Å². The van der Waals surface area contributed by atoms with E-state index in [1.807, 2.05) is 44.4 Å². The summed E-state index contributed by atoms with van der Waals surface area (Å²) in [4.78, 5) is 32.1. The number of carbonyl (C=O) groups is 2. The van der Waals surface area contributed by atoms with Crippen LogP contribution in [0.2, 0.25) is 0 Å². The molecule has 2 saturated heterocycles. The Balaban J connectivity index is 1.99. The first-order valence-corrected chi connectivity index (χ1v) is 8.57. The molecule has 1 aromatic carbocycles.